The van der Waals surface area contributed by atoms with Gasteiger partial charge in [-0.15, -0.1) is 6.58 Å². The van der Waals surface area contributed by atoms with Crippen molar-refractivity contribution in [2.45, 2.75) is 182 Å². The molecule has 4 saturated carbocycles. The molecule has 15 nitrogen and oxygen atoms in total. The number of fused-ring (bicyclic) bond motifs is 7. The molecule has 4 aliphatic heterocycles. The van der Waals surface area contributed by atoms with Crippen molar-refractivity contribution < 1.29 is 41.8 Å². The fourth-order valence-electron chi connectivity index (χ4n) is 11.8. The lowest BCUT2D eigenvalue weighted by Crippen LogP contribution is -2.59. The van der Waals surface area contributed by atoms with Crippen LogP contribution < -0.4 is 24.8 Å². The zero-order valence-corrected chi connectivity index (χ0v) is 38.8. The van der Waals surface area contributed by atoms with Crippen LogP contribution in [0.3, 0.4) is 0 Å². The van der Waals surface area contributed by atoms with E-state index >= 15 is 4.79 Å². The summed E-state index contributed by atoms with van der Waals surface area (Å²) in [4.78, 5) is 66.7. The maximum atomic E-state index is 15.2. The second-order valence-electron chi connectivity index (χ2n) is 20.9. The third kappa shape index (κ3) is 8.71. The van der Waals surface area contributed by atoms with Gasteiger partial charge in [-0.3, -0.25) is 19.1 Å². The van der Waals surface area contributed by atoms with Crippen LogP contribution in [0.15, 0.2) is 36.9 Å². The van der Waals surface area contributed by atoms with Gasteiger partial charge in [0.1, 0.15) is 41.7 Å². The van der Waals surface area contributed by atoms with Crippen molar-refractivity contribution in [3.05, 3.63) is 42.5 Å². The molecule has 0 spiro atoms. The molecule has 10 atom stereocenters. The number of hydrogen-bond donors (Lipinski definition) is 3. The Kier molecular flexibility index (Phi) is 11.8. The number of carbonyl (C=O) groups excluding carboxylic acids is 4. The van der Waals surface area contributed by atoms with Gasteiger partial charge in [0, 0.05) is 29.8 Å². The Morgan fingerprint density at radius 2 is 1.65 bits per heavy atom. The van der Waals surface area contributed by atoms with Crippen molar-refractivity contribution in [3.8, 4) is 11.6 Å². The Morgan fingerprint density at radius 3 is 2.35 bits per heavy atom. The molecule has 2 aromatic rings. The van der Waals surface area contributed by atoms with Gasteiger partial charge in [0.05, 0.1) is 22.4 Å². The highest BCUT2D eigenvalue weighted by Crippen LogP contribution is 2.48. The summed E-state index contributed by atoms with van der Waals surface area (Å²) >= 11 is 0. The molecular weight excluding hydrogens is 849 g/mol. The van der Waals surface area contributed by atoms with Gasteiger partial charge in [0.15, 0.2) is 0 Å². The largest absolute Gasteiger partial charge is 0.489 e. The predicted octanol–water partition coefficient (Wildman–Crippen LogP) is 5.83. The monoisotopic (exact) mass is 914 g/mol. The number of carbonyl (C=O) groups is 4. The molecule has 4 bridgehead atoms. The Balaban J connectivity index is 0.998. The molecule has 3 saturated heterocycles. The SMILES string of the molecule is C=C[C@@H]1C[C@]1(NC(=O)[C@@H]1C[C@@H]2CN1C(=O)[C@H](C1CCCCC1)NC(=O)O[C@@H]1C[C@H]1CCCCCc1c(nc3ccccc3c1OC1C[C@H]3CC[C@@H](C1)N3C)O2)C(=O)NS(=O)(=O)C1(C)CC1. The third-order valence-electron chi connectivity index (χ3n) is 16.5. The second kappa shape index (κ2) is 17.3. The van der Waals surface area contributed by atoms with E-state index in [1.54, 1.807) is 13.0 Å². The van der Waals surface area contributed by atoms with E-state index in [4.69, 9.17) is 19.2 Å². The number of benzene rings is 1. The first kappa shape index (κ1) is 44.4. The van der Waals surface area contributed by atoms with Gasteiger partial charge >= 0.3 is 6.09 Å². The van der Waals surface area contributed by atoms with Crippen LogP contribution in [0.25, 0.3) is 10.9 Å². The third-order valence-corrected chi connectivity index (χ3v) is 18.7. The van der Waals surface area contributed by atoms with Gasteiger partial charge in [0.25, 0.3) is 5.91 Å². The summed E-state index contributed by atoms with van der Waals surface area (Å²) < 4.78 is 47.8. The number of para-hydroxylation sites is 1. The van der Waals surface area contributed by atoms with Gasteiger partial charge in [-0.1, -0.05) is 50.3 Å². The Labute approximate surface area is 382 Å². The highest BCUT2D eigenvalue weighted by molar-refractivity contribution is 7.91. The molecular formula is C49H66N6O9S. The number of nitrogens with one attached hydrogen (secondary N) is 3. The number of pyridine rings is 1. The first-order chi connectivity index (χ1) is 31.3. The van der Waals surface area contributed by atoms with Crippen LogP contribution >= 0.6 is 0 Å². The molecule has 0 radical (unpaired) electrons. The van der Waals surface area contributed by atoms with E-state index in [1.165, 1.54) is 17.7 Å². The van der Waals surface area contributed by atoms with E-state index in [-0.39, 0.29) is 43.4 Å². The Morgan fingerprint density at radius 1 is 0.938 bits per heavy atom. The number of piperidine rings is 1. The van der Waals surface area contributed by atoms with Crippen LogP contribution in [0.2, 0.25) is 0 Å². The molecule has 7 fully saturated rings. The summed E-state index contributed by atoms with van der Waals surface area (Å²) in [6.45, 7) is 5.48. The normalized spacial score (nSPS) is 34.9. The zero-order valence-electron chi connectivity index (χ0n) is 37.9. The van der Waals surface area contributed by atoms with E-state index in [2.05, 4.69) is 39.9 Å². The Bertz CT molecular complexity index is 2320. The summed E-state index contributed by atoms with van der Waals surface area (Å²) in [5.41, 5.74) is 0.0523. The summed E-state index contributed by atoms with van der Waals surface area (Å²) in [7, 11) is -1.78. The number of hydrogen-bond acceptors (Lipinski definition) is 11. The summed E-state index contributed by atoms with van der Waals surface area (Å²) in [6.07, 6.45) is 14.9. The van der Waals surface area contributed by atoms with Crippen molar-refractivity contribution in [2.24, 2.45) is 17.8 Å². The van der Waals surface area contributed by atoms with E-state index in [0.717, 1.165) is 99.3 Å². The molecule has 1 aromatic carbocycles. The smallest absolute Gasteiger partial charge is 0.408 e. The molecule has 8 aliphatic rings. The summed E-state index contributed by atoms with van der Waals surface area (Å²) in [5.74, 6) is -1.05. The molecule has 3 N–H and O–H groups in total. The lowest BCUT2D eigenvalue weighted by Gasteiger charge is -2.36. The quantitative estimate of drug-likeness (QED) is 0.258. The number of ether oxygens (including phenoxy) is 3. The fraction of sp³-hybridized carbons (Fsp3) is 0.694. The first-order valence-electron chi connectivity index (χ1n) is 24.5. The van der Waals surface area contributed by atoms with Crippen molar-refractivity contribution in [3.63, 3.8) is 0 Å². The topological polar surface area (TPSA) is 186 Å². The molecule has 4 amide bonds. The number of rotatable bonds is 9. The van der Waals surface area contributed by atoms with Gasteiger partial charge in [-0.25, -0.2) is 18.2 Å². The van der Waals surface area contributed by atoms with Gasteiger partial charge in [-0.2, -0.15) is 0 Å². The van der Waals surface area contributed by atoms with Crippen LogP contribution in [0, 0.1) is 17.8 Å². The van der Waals surface area contributed by atoms with Gasteiger partial charge < -0.3 is 34.6 Å². The van der Waals surface area contributed by atoms with Crippen LogP contribution in [0.5, 0.6) is 11.6 Å². The standard InChI is InChI=1S/C49H66N6O9S/c1-4-31-27-49(31,46(58)53-65(60,61)48(2)21-22-48)52-43(56)39-26-35-28-55(39)45(57)41(29-13-7-5-8-14-29)51-47(59)64-40-23-30(40)15-9-6-10-17-37-42(36-16-11-12-18-38(36)50-44(37)63-35)62-34-24-32-19-20-33(25-34)54(32)3/h4,11-12,16,18,29-35,39-41H,1,5-10,13-15,17,19-28H2,2-3H3,(H,51,59)(H,52,56)(H,53,58)/t30-,31-,32-,33+,34?,35-,39+,40-,41+,49-/m1/s1. The van der Waals surface area contributed by atoms with Crippen molar-refractivity contribution in [1.82, 2.24) is 30.1 Å². The molecule has 10 rings (SSSR count). The number of nitrogens with zero attached hydrogens (tertiary/aromatic N) is 3. The average molecular weight is 915 g/mol. The lowest BCUT2D eigenvalue weighted by atomic mass is 9.83. The Hall–Kier alpha value is -4.44. The summed E-state index contributed by atoms with van der Waals surface area (Å²) in [6, 6.07) is 6.87. The van der Waals surface area contributed by atoms with Crippen LogP contribution in [-0.4, -0.2) is 113 Å². The van der Waals surface area contributed by atoms with Gasteiger partial charge in [-0.05, 0) is 121 Å². The van der Waals surface area contributed by atoms with E-state index in [9.17, 15) is 22.8 Å². The van der Waals surface area contributed by atoms with Crippen LogP contribution in [0.4, 0.5) is 4.79 Å². The first-order valence-corrected chi connectivity index (χ1v) is 26.0. The highest BCUT2D eigenvalue weighted by atomic mass is 32.2. The molecule has 5 heterocycles. The number of alkyl carbamates (subject to hydrolysis) is 1. The van der Waals surface area contributed by atoms with Crippen LogP contribution in [0.1, 0.15) is 128 Å². The van der Waals surface area contributed by atoms with E-state index in [0.29, 0.717) is 37.2 Å². The molecule has 4 aliphatic carbocycles. The summed E-state index contributed by atoms with van der Waals surface area (Å²) in [5, 5.41) is 6.83. The molecule has 1 aromatic heterocycles. The van der Waals surface area contributed by atoms with E-state index < -0.39 is 68.2 Å². The lowest BCUT2D eigenvalue weighted by molar-refractivity contribution is -0.142. The fourth-order valence-corrected chi connectivity index (χ4v) is 13.1. The second-order valence-corrected chi connectivity index (χ2v) is 23.1. The van der Waals surface area contributed by atoms with Gasteiger partial charge in [0.2, 0.25) is 27.7 Å². The highest BCUT2D eigenvalue weighted by Gasteiger charge is 2.63. The molecule has 65 heavy (non-hydrogen) atoms. The maximum absolute atomic E-state index is 15.2. The average Bonchev–Trinajstić information content (AvgIpc) is 4.25. The molecule has 16 heteroatoms. The van der Waals surface area contributed by atoms with Crippen molar-refractivity contribution in [2.75, 3.05) is 13.6 Å². The van der Waals surface area contributed by atoms with E-state index in [1.807, 2.05) is 18.2 Å². The zero-order chi connectivity index (χ0) is 45.3. The maximum Gasteiger partial charge on any atom is 0.408 e. The number of amides is 4. The number of sulfonamides is 1. The molecule has 1 unspecified atom stereocenters. The minimum atomic E-state index is -4.01. The number of aromatic nitrogens is 1. The molecule has 352 valence electrons. The minimum absolute atomic E-state index is 0.0147. The van der Waals surface area contributed by atoms with Crippen molar-refractivity contribution >= 4 is 44.7 Å². The van der Waals surface area contributed by atoms with Crippen molar-refractivity contribution in [1.29, 1.82) is 0 Å². The van der Waals surface area contributed by atoms with Crippen LogP contribution in [-0.2, 0) is 35.6 Å². The minimum Gasteiger partial charge on any atom is -0.489 e. The predicted molar refractivity (Wildman–Crippen MR) is 242 cm³/mol.